The Hall–Kier alpha value is -3.15. The summed E-state index contributed by atoms with van der Waals surface area (Å²) in [7, 11) is 0. The lowest BCUT2D eigenvalue weighted by atomic mass is 9.96. The molecular formula is C22H22N4O2. The van der Waals surface area contributed by atoms with Gasteiger partial charge in [-0.1, -0.05) is 24.3 Å². The maximum Gasteiger partial charge on any atom is 0.224 e. The van der Waals surface area contributed by atoms with Crippen LogP contribution >= 0.6 is 0 Å². The molecule has 0 radical (unpaired) electrons. The van der Waals surface area contributed by atoms with Crippen LogP contribution < -0.4 is 0 Å². The Labute approximate surface area is 162 Å². The third kappa shape index (κ3) is 3.15. The van der Waals surface area contributed by atoms with Gasteiger partial charge in [0, 0.05) is 32.0 Å². The van der Waals surface area contributed by atoms with Crippen molar-refractivity contribution in [1.82, 2.24) is 19.4 Å². The van der Waals surface area contributed by atoms with E-state index in [9.17, 15) is 4.79 Å². The number of carbonyl (C=O) groups excluding carboxylic acids is 1. The molecule has 1 fully saturated rings. The van der Waals surface area contributed by atoms with Crippen molar-refractivity contribution in [3.8, 4) is 0 Å². The van der Waals surface area contributed by atoms with Gasteiger partial charge in [-0.2, -0.15) is 0 Å². The summed E-state index contributed by atoms with van der Waals surface area (Å²) in [5, 5.41) is 0. The second-order valence-electron chi connectivity index (χ2n) is 7.35. The fourth-order valence-electron chi connectivity index (χ4n) is 4.00. The topological polar surface area (TPSA) is 64.2 Å². The van der Waals surface area contributed by atoms with Crippen LogP contribution in [0.5, 0.6) is 0 Å². The molecule has 1 aliphatic heterocycles. The summed E-state index contributed by atoms with van der Waals surface area (Å²) in [6.07, 6.45) is 4.10. The minimum absolute atomic E-state index is 0.203. The number of fused-ring (bicyclic) bond motifs is 2. The third-order valence-electron chi connectivity index (χ3n) is 5.60. The molecule has 0 bridgehead atoms. The van der Waals surface area contributed by atoms with E-state index in [4.69, 9.17) is 4.42 Å². The van der Waals surface area contributed by atoms with Gasteiger partial charge in [0.2, 0.25) is 5.91 Å². The second-order valence-corrected chi connectivity index (χ2v) is 7.35. The van der Waals surface area contributed by atoms with Crippen LogP contribution in [0.4, 0.5) is 0 Å². The van der Waals surface area contributed by atoms with Gasteiger partial charge in [-0.25, -0.2) is 9.97 Å². The van der Waals surface area contributed by atoms with Crippen LogP contribution in [0.15, 0.2) is 59.3 Å². The Kier molecular flexibility index (Phi) is 4.31. The first-order chi connectivity index (χ1) is 13.8. The van der Waals surface area contributed by atoms with Gasteiger partial charge in [-0.05, 0) is 37.1 Å². The molecule has 5 rings (SSSR count). The molecule has 142 valence electrons. The lowest BCUT2D eigenvalue weighted by Gasteiger charge is -2.30. The summed E-state index contributed by atoms with van der Waals surface area (Å²) in [5.41, 5.74) is 3.78. The van der Waals surface area contributed by atoms with E-state index in [0.29, 0.717) is 13.0 Å². The normalized spacial score (nSPS) is 15.5. The second kappa shape index (κ2) is 7.11. The predicted octanol–water partition coefficient (Wildman–Crippen LogP) is 3.97. The number of carbonyl (C=O) groups is 1. The van der Waals surface area contributed by atoms with Crippen LogP contribution in [0, 0.1) is 0 Å². The average Bonchev–Trinajstić information content (AvgIpc) is 3.36. The van der Waals surface area contributed by atoms with E-state index in [-0.39, 0.29) is 11.8 Å². The van der Waals surface area contributed by atoms with Crippen molar-refractivity contribution in [2.24, 2.45) is 0 Å². The zero-order valence-corrected chi connectivity index (χ0v) is 15.6. The van der Waals surface area contributed by atoms with E-state index in [1.54, 1.807) is 0 Å². The molecule has 4 aromatic rings. The molecule has 1 aliphatic rings. The lowest BCUT2D eigenvalue weighted by Crippen LogP contribution is -2.38. The molecule has 6 heteroatoms. The van der Waals surface area contributed by atoms with E-state index in [2.05, 4.69) is 14.5 Å². The van der Waals surface area contributed by atoms with Crippen LogP contribution in [-0.4, -0.2) is 38.4 Å². The predicted molar refractivity (Wildman–Crippen MR) is 107 cm³/mol. The monoisotopic (exact) mass is 374 g/mol. The Balaban J connectivity index is 1.19. The third-order valence-corrected chi connectivity index (χ3v) is 5.60. The standard InChI is InChI=1S/C22H22N4O2/c27-21(11-14-26-15-23-17-5-1-3-7-19(17)26)25-12-9-16(10-13-25)22-24-18-6-2-4-8-20(18)28-22/h1-8,15-16H,9-14H2. The van der Waals surface area contributed by atoms with Crippen molar-refractivity contribution in [3.63, 3.8) is 0 Å². The molecule has 6 nitrogen and oxygen atoms in total. The van der Waals surface area contributed by atoms with Crippen LogP contribution in [0.2, 0.25) is 0 Å². The molecule has 2 aromatic heterocycles. The van der Waals surface area contributed by atoms with Gasteiger partial charge < -0.3 is 13.9 Å². The van der Waals surface area contributed by atoms with Crippen molar-refractivity contribution in [2.45, 2.75) is 31.7 Å². The zero-order chi connectivity index (χ0) is 18.9. The number of rotatable bonds is 4. The van der Waals surface area contributed by atoms with Crippen molar-refractivity contribution in [2.75, 3.05) is 13.1 Å². The number of aromatic nitrogens is 3. The lowest BCUT2D eigenvalue weighted by molar-refractivity contribution is -0.132. The maximum atomic E-state index is 12.7. The Morgan fingerprint density at radius 1 is 1.04 bits per heavy atom. The molecule has 3 heterocycles. The molecule has 1 saturated heterocycles. The van der Waals surface area contributed by atoms with Gasteiger partial charge in [-0.15, -0.1) is 0 Å². The minimum atomic E-state index is 0.203. The van der Waals surface area contributed by atoms with Gasteiger partial charge in [0.05, 0.1) is 17.4 Å². The van der Waals surface area contributed by atoms with Crippen molar-refractivity contribution >= 4 is 28.0 Å². The van der Waals surface area contributed by atoms with Crippen LogP contribution in [0.1, 0.15) is 31.1 Å². The number of amides is 1. The number of nitrogens with zero attached hydrogens (tertiary/aromatic N) is 4. The molecule has 0 unspecified atom stereocenters. The fourth-order valence-corrected chi connectivity index (χ4v) is 4.00. The van der Waals surface area contributed by atoms with Crippen LogP contribution in [-0.2, 0) is 11.3 Å². The highest BCUT2D eigenvalue weighted by molar-refractivity contribution is 5.78. The zero-order valence-electron chi connectivity index (χ0n) is 15.6. The number of piperidine rings is 1. The summed E-state index contributed by atoms with van der Waals surface area (Å²) in [5.74, 6) is 1.29. The molecule has 1 amide bonds. The number of para-hydroxylation sites is 4. The molecule has 28 heavy (non-hydrogen) atoms. The highest BCUT2D eigenvalue weighted by Gasteiger charge is 2.26. The first-order valence-corrected chi connectivity index (χ1v) is 9.81. The fraction of sp³-hybridized carbons (Fsp3) is 0.318. The molecule has 0 N–H and O–H groups in total. The number of hydrogen-bond acceptors (Lipinski definition) is 4. The van der Waals surface area contributed by atoms with Crippen molar-refractivity contribution in [3.05, 3.63) is 60.7 Å². The number of hydrogen-bond donors (Lipinski definition) is 0. The molecular weight excluding hydrogens is 352 g/mol. The van der Waals surface area contributed by atoms with Crippen molar-refractivity contribution in [1.29, 1.82) is 0 Å². The first-order valence-electron chi connectivity index (χ1n) is 9.81. The van der Waals surface area contributed by atoms with Gasteiger partial charge in [-0.3, -0.25) is 4.79 Å². The van der Waals surface area contributed by atoms with Crippen molar-refractivity contribution < 1.29 is 9.21 Å². The number of imidazole rings is 1. The number of likely N-dealkylation sites (tertiary alicyclic amines) is 1. The smallest absolute Gasteiger partial charge is 0.224 e. The molecule has 0 saturated carbocycles. The molecule has 0 atom stereocenters. The van der Waals surface area contributed by atoms with Gasteiger partial charge in [0.25, 0.3) is 0 Å². The summed E-state index contributed by atoms with van der Waals surface area (Å²) in [6, 6.07) is 15.9. The summed E-state index contributed by atoms with van der Waals surface area (Å²) < 4.78 is 7.97. The van der Waals surface area contributed by atoms with E-state index in [1.165, 1.54) is 0 Å². The average molecular weight is 374 g/mol. The maximum absolute atomic E-state index is 12.7. The Morgan fingerprint density at radius 2 is 1.79 bits per heavy atom. The SMILES string of the molecule is O=C(CCn1cnc2ccccc21)N1CCC(c2nc3ccccc3o2)CC1. The quantitative estimate of drug-likeness (QED) is 0.542. The minimum Gasteiger partial charge on any atom is -0.440 e. The number of benzene rings is 2. The highest BCUT2D eigenvalue weighted by Crippen LogP contribution is 2.30. The summed E-state index contributed by atoms with van der Waals surface area (Å²) in [4.78, 5) is 23.7. The van der Waals surface area contributed by atoms with Crippen LogP contribution in [0.3, 0.4) is 0 Å². The summed E-state index contributed by atoms with van der Waals surface area (Å²) >= 11 is 0. The van der Waals surface area contributed by atoms with E-state index < -0.39 is 0 Å². The van der Waals surface area contributed by atoms with E-state index in [1.807, 2.05) is 59.8 Å². The largest absolute Gasteiger partial charge is 0.440 e. The Morgan fingerprint density at radius 3 is 2.61 bits per heavy atom. The van der Waals surface area contributed by atoms with Gasteiger partial charge in [0.15, 0.2) is 11.5 Å². The summed E-state index contributed by atoms with van der Waals surface area (Å²) in [6.45, 7) is 2.17. The van der Waals surface area contributed by atoms with E-state index >= 15 is 0 Å². The first kappa shape index (κ1) is 17.0. The number of oxazole rings is 1. The van der Waals surface area contributed by atoms with E-state index in [0.717, 1.165) is 54.0 Å². The molecule has 0 aliphatic carbocycles. The van der Waals surface area contributed by atoms with Gasteiger partial charge in [0.1, 0.15) is 5.52 Å². The highest BCUT2D eigenvalue weighted by atomic mass is 16.3. The molecule has 2 aromatic carbocycles. The Bertz CT molecular complexity index is 1090. The number of aryl methyl sites for hydroxylation is 1. The van der Waals surface area contributed by atoms with Gasteiger partial charge >= 0.3 is 0 Å². The van der Waals surface area contributed by atoms with Crippen LogP contribution in [0.25, 0.3) is 22.1 Å². The molecule has 0 spiro atoms.